The third-order valence-electron chi connectivity index (χ3n) is 6.46. The smallest absolute Gasteiger partial charge is 0.251 e. The Morgan fingerprint density at radius 2 is 1.73 bits per heavy atom. The van der Waals surface area contributed by atoms with Crippen molar-refractivity contribution >= 4 is 5.91 Å². The van der Waals surface area contributed by atoms with Crippen LogP contribution in [0.3, 0.4) is 0 Å². The fraction of sp³-hybridized carbons (Fsp3) is 0.458. The van der Waals surface area contributed by atoms with E-state index in [0.29, 0.717) is 25.2 Å². The molecule has 0 radical (unpaired) electrons. The van der Waals surface area contributed by atoms with Crippen molar-refractivity contribution in [3.63, 3.8) is 0 Å². The maximum atomic E-state index is 13.1. The van der Waals surface area contributed by atoms with Gasteiger partial charge in [0.25, 0.3) is 5.91 Å². The first-order valence-electron chi connectivity index (χ1n) is 10.5. The Kier molecular flexibility index (Phi) is 4.71. The van der Waals surface area contributed by atoms with E-state index in [-0.39, 0.29) is 30.1 Å². The monoisotopic (exact) mass is 409 g/mol. The van der Waals surface area contributed by atoms with E-state index in [0.717, 1.165) is 23.5 Å². The van der Waals surface area contributed by atoms with Gasteiger partial charge in [-0.15, -0.1) is 0 Å². The van der Waals surface area contributed by atoms with Crippen molar-refractivity contribution in [2.45, 2.75) is 44.4 Å². The molecule has 158 valence electrons. The van der Waals surface area contributed by atoms with Crippen LogP contribution in [0.15, 0.2) is 48.5 Å². The van der Waals surface area contributed by atoms with Crippen molar-refractivity contribution in [2.24, 2.45) is 5.41 Å². The molecule has 6 nitrogen and oxygen atoms in total. The molecular formula is C24H27NO5. The van der Waals surface area contributed by atoms with Crippen molar-refractivity contribution in [3.05, 3.63) is 59.7 Å². The maximum absolute atomic E-state index is 13.1. The van der Waals surface area contributed by atoms with Crippen LogP contribution in [0.25, 0.3) is 0 Å². The number of rotatable bonds is 3. The van der Waals surface area contributed by atoms with Crippen LogP contribution in [0.1, 0.15) is 48.5 Å². The molecule has 6 heteroatoms. The van der Waals surface area contributed by atoms with Gasteiger partial charge in [0.1, 0.15) is 0 Å². The Bertz CT molecular complexity index is 936. The van der Waals surface area contributed by atoms with E-state index < -0.39 is 5.79 Å². The number of carbonyl (C=O) groups is 1. The van der Waals surface area contributed by atoms with E-state index in [1.54, 1.807) is 0 Å². The van der Waals surface area contributed by atoms with Crippen molar-refractivity contribution in [2.75, 3.05) is 20.0 Å². The number of ether oxygens (including phenoxy) is 4. The van der Waals surface area contributed by atoms with Gasteiger partial charge in [-0.25, -0.2) is 0 Å². The molecule has 5 rings (SSSR count). The van der Waals surface area contributed by atoms with E-state index in [9.17, 15) is 4.79 Å². The van der Waals surface area contributed by atoms with Gasteiger partial charge in [0.05, 0.1) is 13.2 Å². The summed E-state index contributed by atoms with van der Waals surface area (Å²) < 4.78 is 23.3. The lowest BCUT2D eigenvalue weighted by molar-refractivity contribution is -0.207. The normalized spacial score (nSPS) is 25.9. The van der Waals surface area contributed by atoms with Crippen LogP contribution < -0.4 is 14.8 Å². The molecule has 1 spiro atoms. The zero-order valence-corrected chi connectivity index (χ0v) is 17.4. The second-order valence-electron chi connectivity index (χ2n) is 9.01. The highest BCUT2D eigenvalue weighted by Crippen LogP contribution is 2.52. The zero-order valence-electron chi connectivity index (χ0n) is 17.4. The van der Waals surface area contributed by atoms with Gasteiger partial charge in [-0.05, 0) is 35.2 Å². The van der Waals surface area contributed by atoms with Gasteiger partial charge in [-0.2, -0.15) is 0 Å². The van der Waals surface area contributed by atoms with Crippen LogP contribution in [0.5, 0.6) is 11.5 Å². The van der Waals surface area contributed by atoms with Crippen molar-refractivity contribution in [3.8, 4) is 11.5 Å². The van der Waals surface area contributed by atoms with Crippen LogP contribution in [-0.2, 0) is 9.47 Å². The first-order valence-corrected chi connectivity index (χ1v) is 10.5. The molecule has 0 bridgehead atoms. The molecule has 1 saturated carbocycles. The van der Waals surface area contributed by atoms with Gasteiger partial charge in [-0.3, -0.25) is 4.79 Å². The minimum Gasteiger partial charge on any atom is -0.454 e. The van der Waals surface area contributed by atoms with E-state index in [4.69, 9.17) is 18.9 Å². The number of hydrogen-bond acceptors (Lipinski definition) is 5. The number of carbonyl (C=O) groups excluding carboxylic acids is 1. The molecule has 2 atom stereocenters. The van der Waals surface area contributed by atoms with Gasteiger partial charge < -0.3 is 24.3 Å². The topological polar surface area (TPSA) is 66.0 Å². The Morgan fingerprint density at radius 3 is 2.50 bits per heavy atom. The van der Waals surface area contributed by atoms with Crippen LogP contribution in [-0.4, -0.2) is 37.7 Å². The molecular weight excluding hydrogens is 382 g/mol. The quantitative estimate of drug-likeness (QED) is 0.834. The SMILES string of the molecule is CC1(C)CC2(C[C@H](c3ccc4c(c3)OCO4)[C@@H]1NC(=O)c1ccccc1)OCCO2. The number of benzene rings is 2. The van der Waals surface area contributed by atoms with Gasteiger partial charge >= 0.3 is 0 Å². The first kappa shape index (κ1) is 19.4. The van der Waals surface area contributed by atoms with Crippen molar-refractivity contribution < 1.29 is 23.7 Å². The van der Waals surface area contributed by atoms with Crippen molar-refractivity contribution in [1.82, 2.24) is 5.32 Å². The Labute approximate surface area is 176 Å². The molecule has 0 unspecified atom stereocenters. The lowest BCUT2D eigenvalue weighted by Gasteiger charge is -2.51. The van der Waals surface area contributed by atoms with E-state index >= 15 is 0 Å². The molecule has 3 aliphatic rings. The highest BCUT2D eigenvalue weighted by Gasteiger charge is 2.54. The van der Waals surface area contributed by atoms with Crippen LogP contribution in [0.2, 0.25) is 0 Å². The third kappa shape index (κ3) is 3.44. The Balaban J connectivity index is 1.51. The summed E-state index contributed by atoms with van der Waals surface area (Å²) >= 11 is 0. The van der Waals surface area contributed by atoms with Gasteiger partial charge in [0, 0.05) is 30.4 Å². The average Bonchev–Trinajstić information content (AvgIpc) is 3.39. The molecule has 2 aromatic rings. The summed E-state index contributed by atoms with van der Waals surface area (Å²) in [7, 11) is 0. The van der Waals surface area contributed by atoms with Crippen LogP contribution in [0, 0.1) is 5.41 Å². The number of fused-ring (bicyclic) bond motifs is 1. The molecule has 1 saturated heterocycles. The first-order chi connectivity index (χ1) is 14.5. The average molecular weight is 409 g/mol. The molecule has 30 heavy (non-hydrogen) atoms. The fourth-order valence-electron chi connectivity index (χ4n) is 5.15. The minimum absolute atomic E-state index is 0.00834. The molecule has 1 aliphatic carbocycles. The Morgan fingerprint density at radius 1 is 1.00 bits per heavy atom. The molecule has 2 fully saturated rings. The highest BCUT2D eigenvalue weighted by molar-refractivity contribution is 5.94. The minimum atomic E-state index is -0.613. The summed E-state index contributed by atoms with van der Waals surface area (Å²) in [5, 5.41) is 3.33. The molecule has 1 amide bonds. The fourth-order valence-corrected chi connectivity index (χ4v) is 5.15. The molecule has 2 aliphatic heterocycles. The van der Waals surface area contributed by atoms with Gasteiger partial charge in [0.2, 0.25) is 6.79 Å². The molecule has 0 aromatic heterocycles. The number of hydrogen-bond donors (Lipinski definition) is 1. The summed E-state index contributed by atoms with van der Waals surface area (Å²) in [5.74, 6) is 0.823. The molecule has 2 heterocycles. The van der Waals surface area contributed by atoms with Gasteiger partial charge in [0.15, 0.2) is 17.3 Å². The van der Waals surface area contributed by atoms with Crippen LogP contribution >= 0.6 is 0 Å². The predicted molar refractivity (Wildman–Crippen MR) is 111 cm³/mol. The Hall–Kier alpha value is -2.57. The number of nitrogens with one attached hydrogen (secondary N) is 1. The standard InChI is InChI=1S/C24H27NO5/c1-23(2)14-24(29-10-11-30-24)13-18(17-8-9-19-20(12-17)28-15-27-19)21(23)25-22(26)16-6-4-3-5-7-16/h3-9,12,18,21H,10-11,13-15H2,1-2H3,(H,25,26)/t18-,21+/m1/s1. The second-order valence-corrected chi connectivity index (χ2v) is 9.01. The molecule has 2 aromatic carbocycles. The van der Waals surface area contributed by atoms with Gasteiger partial charge in [-0.1, -0.05) is 38.1 Å². The maximum Gasteiger partial charge on any atom is 0.251 e. The van der Waals surface area contributed by atoms with Crippen molar-refractivity contribution in [1.29, 1.82) is 0 Å². The van der Waals surface area contributed by atoms with Crippen LogP contribution in [0.4, 0.5) is 0 Å². The zero-order chi connectivity index (χ0) is 20.8. The summed E-state index contributed by atoms with van der Waals surface area (Å²) in [5.41, 5.74) is 1.50. The predicted octanol–water partition coefficient (Wildman–Crippen LogP) is 3.86. The summed E-state index contributed by atoms with van der Waals surface area (Å²) in [6, 6.07) is 15.3. The largest absolute Gasteiger partial charge is 0.454 e. The summed E-state index contributed by atoms with van der Waals surface area (Å²) in [6.07, 6.45) is 1.40. The molecule has 1 N–H and O–H groups in total. The lowest BCUT2D eigenvalue weighted by Crippen LogP contribution is -2.57. The third-order valence-corrected chi connectivity index (χ3v) is 6.46. The van der Waals surface area contributed by atoms with E-state index in [2.05, 4.69) is 25.2 Å². The highest BCUT2D eigenvalue weighted by atomic mass is 16.7. The van der Waals surface area contributed by atoms with E-state index in [1.165, 1.54) is 0 Å². The lowest BCUT2D eigenvalue weighted by atomic mass is 9.63. The van der Waals surface area contributed by atoms with E-state index in [1.807, 2.05) is 42.5 Å². The summed E-state index contributed by atoms with van der Waals surface area (Å²) in [4.78, 5) is 13.1. The number of amides is 1. The second kappa shape index (κ2) is 7.29. The summed E-state index contributed by atoms with van der Waals surface area (Å²) in [6.45, 7) is 5.79.